The maximum Gasteiger partial charge on any atom is 0.414 e. The highest BCUT2D eigenvalue weighted by atomic mass is 19.1. The van der Waals surface area contributed by atoms with Crippen LogP contribution in [0.3, 0.4) is 0 Å². The second-order valence-corrected chi connectivity index (χ2v) is 7.63. The zero-order valence-corrected chi connectivity index (χ0v) is 17.4. The second-order valence-electron chi connectivity index (χ2n) is 7.63. The molecule has 0 spiro atoms. The molecule has 3 N–H and O–H groups in total. The molecule has 0 saturated carbocycles. The summed E-state index contributed by atoms with van der Waals surface area (Å²) in [5.41, 5.74) is 4.71. The Labute approximate surface area is 183 Å². The van der Waals surface area contributed by atoms with Gasteiger partial charge in [0.2, 0.25) is 5.91 Å². The van der Waals surface area contributed by atoms with Crippen molar-refractivity contribution in [1.29, 1.82) is 0 Å². The van der Waals surface area contributed by atoms with Crippen LogP contribution in [0, 0.1) is 5.82 Å². The third kappa shape index (κ3) is 4.87. The summed E-state index contributed by atoms with van der Waals surface area (Å²) in [7, 11) is 0. The van der Waals surface area contributed by atoms with Crippen molar-refractivity contribution in [2.75, 3.05) is 24.6 Å². The summed E-state index contributed by atoms with van der Waals surface area (Å²) in [5, 5.41) is 5.70. The molecular formula is C22H23FN4O5. The van der Waals surface area contributed by atoms with E-state index >= 15 is 0 Å². The molecule has 2 heterocycles. The molecule has 2 aliphatic rings. The van der Waals surface area contributed by atoms with Crippen LogP contribution in [0.5, 0.6) is 0 Å². The summed E-state index contributed by atoms with van der Waals surface area (Å²) >= 11 is 0. The first-order chi connectivity index (χ1) is 15.4. The van der Waals surface area contributed by atoms with Crippen molar-refractivity contribution in [3.05, 3.63) is 53.8 Å². The number of carbonyl (C=O) groups excluding carboxylic acids is 3. The SMILES string of the molecule is CC(=O)NCC1CN(c2ccc(-c3ccc(CNC4CONC4=O)cc3)c(F)c2)C(=O)O1. The van der Waals surface area contributed by atoms with Crippen LogP contribution in [0.2, 0.25) is 0 Å². The number of nitrogens with one attached hydrogen (secondary N) is 3. The Kier molecular flexibility index (Phi) is 6.33. The van der Waals surface area contributed by atoms with Gasteiger partial charge in [-0.25, -0.2) is 14.7 Å². The van der Waals surface area contributed by atoms with Gasteiger partial charge >= 0.3 is 6.09 Å². The predicted molar refractivity (Wildman–Crippen MR) is 113 cm³/mol. The Bertz CT molecular complexity index is 1030. The highest BCUT2D eigenvalue weighted by molar-refractivity contribution is 5.90. The molecule has 2 atom stereocenters. The summed E-state index contributed by atoms with van der Waals surface area (Å²) < 4.78 is 20.1. The van der Waals surface area contributed by atoms with E-state index in [1.807, 2.05) is 12.1 Å². The Morgan fingerprint density at radius 1 is 1.22 bits per heavy atom. The summed E-state index contributed by atoms with van der Waals surface area (Å²) in [6.45, 7) is 2.56. The second kappa shape index (κ2) is 9.33. The van der Waals surface area contributed by atoms with E-state index in [0.717, 1.165) is 5.56 Å². The van der Waals surface area contributed by atoms with Crippen LogP contribution in [-0.4, -0.2) is 49.7 Å². The molecule has 4 rings (SSSR count). The molecule has 2 saturated heterocycles. The van der Waals surface area contributed by atoms with Crippen molar-refractivity contribution < 1.29 is 28.3 Å². The van der Waals surface area contributed by atoms with E-state index < -0.39 is 24.1 Å². The van der Waals surface area contributed by atoms with Crippen molar-refractivity contribution in [3.8, 4) is 11.1 Å². The minimum atomic E-state index is -0.578. The standard InChI is InChI=1S/C22H23FN4O5/c1-13(28)24-10-17-11-27(22(30)32-17)16-6-7-18(19(23)8-16)15-4-2-14(3-5-15)9-25-20-12-31-26-21(20)29/h2-8,17,20,25H,9-12H2,1H3,(H,24,28)(H,26,29). The van der Waals surface area contributed by atoms with E-state index in [4.69, 9.17) is 9.57 Å². The van der Waals surface area contributed by atoms with Crippen LogP contribution in [0.25, 0.3) is 11.1 Å². The molecule has 10 heteroatoms. The number of rotatable bonds is 7. The molecular weight excluding hydrogens is 419 g/mol. The van der Waals surface area contributed by atoms with E-state index in [1.54, 1.807) is 24.3 Å². The number of benzene rings is 2. The lowest BCUT2D eigenvalue weighted by molar-refractivity contribution is -0.125. The first kappa shape index (κ1) is 21.7. The molecule has 168 valence electrons. The fourth-order valence-electron chi connectivity index (χ4n) is 3.54. The molecule has 3 amide bonds. The van der Waals surface area contributed by atoms with Gasteiger partial charge in [0.05, 0.1) is 25.4 Å². The van der Waals surface area contributed by atoms with Crippen molar-refractivity contribution in [2.45, 2.75) is 25.6 Å². The highest BCUT2D eigenvalue weighted by Gasteiger charge is 2.32. The first-order valence-electron chi connectivity index (χ1n) is 10.2. The molecule has 32 heavy (non-hydrogen) atoms. The molecule has 0 bridgehead atoms. The smallest absolute Gasteiger partial charge is 0.414 e. The van der Waals surface area contributed by atoms with Crippen molar-refractivity contribution in [2.24, 2.45) is 0 Å². The number of cyclic esters (lactones) is 1. The molecule has 2 aromatic carbocycles. The van der Waals surface area contributed by atoms with Crippen molar-refractivity contribution in [1.82, 2.24) is 16.1 Å². The molecule has 0 aliphatic carbocycles. The van der Waals surface area contributed by atoms with E-state index in [9.17, 15) is 18.8 Å². The Morgan fingerprint density at radius 3 is 2.66 bits per heavy atom. The number of ether oxygens (including phenoxy) is 1. The third-order valence-corrected chi connectivity index (χ3v) is 5.27. The zero-order valence-electron chi connectivity index (χ0n) is 17.4. The maximum absolute atomic E-state index is 14.9. The van der Waals surface area contributed by atoms with Crippen molar-refractivity contribution >= 4 is 23.6 Å². The third-order valence-electron chi connectivity index (χ3n) is 5.27. The van der Waals surface area contributed by atoms with E-state index in [-0.39, 0.29) is 31.5 Å². The Morgan fingerprint density at radius 2 is 2.00 bits per heavy atom. The van der Waals surface area contributed by atoms with E-state index in [2.05, 4.69) is 16.1 Å². The molecule has 2 aliphatic heterocycles. The van der Waals surface area contributed by atoms with Crippen LogP contribution in [0.15, 0.2) is 42.5 Å². The maximum atomic E-state index is 14.9. The monoisotopic (exact) mass is 442 g/mol. The van der Waals surface area contributed by atoms with Gasteiger partial charge in [-0.2, -0.15) is 0 Å². The van der Waals surface area contributed by atoms with Crippen LogP contribution in [0.1, 0.15) is 12.5 Å². The zero-order chi connectivity index (χ0) is 22.7. The highest BCUT2D eigenvalue weighted by Crippen LogP contribution is 2.29. The first-order valence-corrected chi connectivity index (χ1v) is 10.2. The Balaban J connectivity index is 1.40. The topological polar surface area (TPSA) is 109 Å². The molecule has 2 aromatic rings. The van der Waals surface area contributed by atoms with Crippen LogP contribution < -0.4 is 21.0 Å². The summed E-state index contributed by atoms with van der Waals surface area (Å²) in [6.07, 6.45) is -1.07. The molecule has 9 nitrogen and oxygen atoms in total. The number of amides is 3. The predicted octanol–water partition coefficient (Wildman–Crippen LogP) is 1.47. The van der Waals surface area contributed by atoms with Gasteiger partial charge in [0.25, 0.3) is 5.91 Å². The lowest BCUT2D eigenvalue weighted by atomic mass is 10.0. The fraction of sp³-hybridized carbons (Fsp3) is 0.318. The van der Waals surface area contributed by atoms with Crippen molar-refractivity contribution in [3.63, 3.8) is 0 Å². The number of halogens is 1. The van der Waals surface area contributed by atoms with Crippen LogP contribution in [0.4, 0.5) is 14.9 Å². The minimum Gasteiger partial charge on any atom is -0.442 e. The van der Waals surface area contributed by atoms with Crippen LogP contribution in [-0.2, 0) is 25.7 Å². The van der Waals surface area contributed by atoms with Gasteiger partial charge in [-0.05, 0) is 29.3 Å². The summed E-state index contributed by atoms with van der Waals surface area (Å²) in [4.78, 5) is 40.9. The fourth-order valence-corrected chi connectivity index (χ4v) is 3.54. The number of hydrogen-bond acceptors (Lipinski definition) is 6. The van der Waals surface area contributed by atoms with Gasteiger partial charge in [0.15, 0.2) is 0 Å². The van der Waals surface area contributed by atoms with Gasteiger partial charge in [0.1, 0.15) is 18.0 Å². The number of anilines is 1. The quantitative estimate of drug-likeness (QED) is 0.599. The molecule has 0 radical (unpaired) electrons. The van der Waals surface area contributed by atoms with Gasteiger partial charge in [-0.3, -0.25) is 24.6 Å². The van der Waals surface area contributed by atoms with Gasteiger partial charge in [-0.15, -0.1) is 0 Å². The minimum absolute atomic E-state index is 0.202. The summed E-state index contributed by atoms with van der Waals surface area (Å²) in [6, 6.07) is 11.5. The molecule has 2 unspecified atom stereocenters. The van der Waals surface area contributed by atoms with Gasteiger partial charge < -0.3 is 10.1 Å². The average molecular weight is 442 g/mol. The largest absolute Gasteiger partial charge is 0.442 e. The number of carbonyl (C=O) groups is 3. The average Bonchev–Trinajstić information content (AvgIpc) is 3.36. The Hall–Kier alpha value is -3.50. The lowest BCUT2D eigenvalue weighted by Crippen LogP contribution is -2.37. The van der Waals surface area contributed by atoms with Crippen LogP contribution >= 0.6 is 0 Å². The number of hydrogen-bond donors (Lipinski definition) is 3. The van der Waals surface area contributed by atoms with E-state index in [1.165, 1.54) is 17.9 Å². The van der Waals surface area contributed by atoms with Gasteiger partial charge in [0, 0.05) is 19.0 Å². The number of nitrogens with zero attached hydrogens (tertiary/aromatic N) is 1. The van der Waals surface area contributed by atoms with E-state index in [0.29, 0.717) is 23.4 Å². The summed E-state index contributed by atoms with van der Waals surface area (Å²) in [5.74, 6) is -0.881. The normalized spacial score (nSPS) is 20.2. The molecule has 2 fully saturated rings. The lowest BCUT2D eigenvalue weighted by Gasteiger charge is -2.15. The number of hydroxylamine groups is 1. The van der Waals surface area contributed by atoms with Gasteiger partial charge in [-0.1, -0.05) is 24.3 Å². The molecule has 0 aromatic heterocycles.